The zero-order valence-corrected chi connectivity index (χ0v) is 7.63. The molecule has 0 aliphatic carbocycles. The second-order valence-corrected chi connectivity index (χ2v) is 2.76. The third-order valence-corrected chi connectivity index (χ3v) is 1.34. The zero-order chi connectivity index (χ0) is 8.97. The topological polar surface area (TPSA) is 18.5 Å². The van der Waals surface area contributed by atoms with Crippen molar-refractivity contribution >= 4 is 0 Å². The molecule has 0 aromatic heterocycles. The van der Waals surface area contributed by atoms with Gasteiger partial charge in [-0.1, -0.05) is 0 Å². The van der Waals surface area contributed by atoms with Crippen LogP contribution in [0.4, 0.5) is 0 Å². The number of hydrogen-bond donors (Lipinski definition) is 0. The summed E-state index contributed by atoms with van der Waals surface area (Å²) >= 11 is 0. The van der Waals surface area contributed by atoms with Crippen molar-refractivity contribution in [3.05, 3.63) is 24.3 Å². The van der Waals surface area contributed by atoms with Gasteiger partial charge in [-0.15, -0.1) is 0 Å². The van der Waals surface area contributed by atoms with Crippen LogP contribution in [0.2, 0.25) is 0 Å². The van der Waals surface area contributed by atoms with Crippen molar-refractivity contribution in [1.82, 2.24) is 0 Å². The lowest BCUT2D eigenvalue weighted by Crippen LogP contribution is -2.05. The summed E-state index contributed by atoms with van der Waals surface area (Å²) in [5.41, 5.74) is 0. The first-order valence-corrected chi connectivity index (χ1v) is 3.94. The van der Waals surface area contributed by atoms with Crippen LogP contribution in [0.15, 0.2) is 18.2 Å². The maximum Gasteiger partial charge on any atom is 0.130 e. The van der Waals surface area contributed by atoms with E-state index in [0.717, 1.165) is 5.75 Å². The minimum absolute atomic E-state index is 0.192. The molecule has 0 atom stereocenters. The largest absolute Gasteiger partial charge is 0.496 e. The van der Waals surface area contributed by atoms with Crippen LogP contribution in [0.3, 0.4) is 0 Å². The third-order valence-electron chi connectivity index (χ3n) is 1.34. The molecular weight excluding hydrogens is 152 g/mol. The minimum Gasteiger partial charge on any atom is -0.496 e. The molecule has 0 spiro atoms. The van der Waals surface area contributed by atoms with Gasteiger partial charge in [0.1, 0.15) is 11.5 Å². The molecule has 1 radical (unpaired) electrons. The molecule has 0 saturated carbocycles. The Labute approximate surface area is 73.1 Å². The fourth-order valence-electron chi connectivity index (χ4n) is 0.888. The van der Waals surface area contributed by atoms with E-state index in [-0.39, 0.29) is 6.10 Å². The molecule has 12 heavy (non-hydrogen) atoms. The summed E-state index contributed by atoms with van der Waals surface area (Å²) in [5.74, 6) is 1.52. The molecule has 1 aromatic rings. The Bertz CT molecular complexity index is 243. The monoisotopic (exact) mass is 165 g/mol. The highest BCUT2D eigenvalue weighted by atomic mass is 16.5. The molecule has 2 nitrogen and oxygen atoms in total. The smallest absolute Gasteiger partial charge is 0.130 e. The summed E-state index contributed by atoms with van der Waals surface area (Å²) in [6, 6.07) is 8.40. The summed E-state index contributed by atoms with van der Waals surface area (Å²) < 4.78 is 10.5. The number of benzene rings is 1. The fourth-order valence-corrected chi connectivity index (χ4v) is 0.888. The van der Waals surface area contributed by atoms with Crippen molar-refractivity contribution in [3.63, 3.8) is 0 Å². The Morgan fingerprint density at radius 3 is 2.75 bits per heavy atom. The quantitative estimate of drug-likeness (QED) is 0.684. The van der Waals surface area contributed by atoms with Gasteiger partial charge in [-0.2, -0.15) is 0 Å². The van der Waals surface area contributed by atoms with Crippen LogP contribution < -0.4 is 9.47 Å². The van der Waals surface area contributed by atoms with E-state index >= 15 is 0 Å². The van der Waals surface area contributed by atoms with Crippen molar-refractivity contribution in [2.24, 2.45) is 0 Å². The Hall–Kier alpha value is -1.18. The maximum absolute atomic E-state index is 5.46. The Morgan fingerprint density at radius 1 is 1.42 bits per heavy atom. The first-order chi connectivity index (χ1) is 5.72. The van der Waals surface area contributed by atoms with Crippen molar-refractivity contribution in [1.29, 1.82) is 0 Å². The van der Waals surface area contributed by atoms with Crippen LogP contribution in [0.1, 0.15) is 13.8 Å². The molecule has 0 saturated heterocycles. The second kappa shape index (κ2) is 4.00. The summed E-state index contributed by atoms with van der Waals surface area (Å²) in [6.45, 7) is 3.98. The van der Waals surface area contributed by atoms with E-state index < -0.39 is 0 Å². The van der Waals surface area contributed by atoms with E-state index in [9.17, 15) is 0 Å². The van der Waals surface area contributed by atoms with E-state index in [1.54, 1.807) is 13.2 Å². The molecule has 0 unspecified atom stereocenters. The number of methoxy groups -OCH3 is 1. The SMILES string of the molecule is COc1[c]ccc(OC(C)C)c1. The van der Waals surface area contributed by atoms with Crippen LogP contribution in [-0.4, -0.2) is 13.2 Å². The molecule has 0 heterocycles. The van der Waals surface area contributed by atoms with Crippen molar-refractivity contribution < 1.29 is 9.47 Å². The average Bonchev–Trinajstić information content (AvgIpc) is 2.03. The van der Waals surface area contributed by atoms with Gasteiger partial charge in [0.15, 0.2) is 0 Å². The molecule has 65 valence electrons. The van der Waals surface area contributed by atoms with Gasteiger partial charge in [0.05, 0.1) is 13.2 Å². The Kier molecular flexibility index (Phi) is 2.97. The van der Waals surface area contributed by atoms with E-state index in [2.05, 4.69) is 6.07 Å². The number of rotatable bonds is 3. The summed E-state index contributed by atoms with van der Waals surface area (Å²) in [6.07, 6.45) is 0.192. The molecule has 0 aliphatic heterocycles. The van der Waals surface area contributed by atoms with E-state index in [0.29, 0.717) is 5.75 Å². The fraction of sp³-hybridized carbons (Fsp3) is 0.400. The predicted molar refractivity (Wildman–Crippen MR) is 47.6 cm³/mol. The standard InChI is InChI=1S/C10H13O2/c1-8(2)12-10-6-4-5-9(7-10)11-3/h4,6-8H,1-3H3. The second-order valence-electron chi connectivity index (χ2n) is 2.76. The van der Waals surface area contributed by atoms with Crippen LogP contribution in [0.25, 0.3) is 0 Å². The molecule has 0 N–H and O–H groups in total. The molecule has 0 bridgehead atoms. The highest BCUT2D eigenvalue weighted by Gasteiger charge is 1.98. The van der Waals surface area contributed by atoms with Gasteiger partial charge in [-0.3, -0.25) is 0 Å². The number of hydrogen-bond acceptors (Lipinski definition) is 2. The Morgan fingerprint density at radius 2 is 2.17 bits per heavy atom. The van der Waals surface area contributed by atoms with Gasteiger partial charge < -0.3 is 9.47 Å². The van der Waals surface area contributed by atoms with Crippen molar-refractivity contribution in [2.45, 2.75) is 20.0 Å². The molecule has 0 aliphatic rings. The zero-order valence-electron chi connectivity index (χ0n) is 7.63. The van der Waals surface area contributed by atoms with Gasteiger partial charge in [0.2, 0.25) is 0 Å². The first-order valence-electron chi connectivity index (χ1n) is 3.94. The predicted octanol–water partition coefficient (Wildman–Crippen LogP) is 2.28. The van der Waals surface area contributed by atoms with E-state index in [1.165, 1.54) is 0 Å². The van der Waals surface area contributed by atoms with Gasteiger partial charge in [0, 0.05) is 12.1 Å². The third kappa shape index (κ3) is 2.46. The van der Waals surface area contributed by atoms with Crippen molar-refractivity contribution in [2.75, 3.05) is 7.11 Å². The lowest BCUT2D eigenvalue weighted by molar-refractivity contribution is 0.241. The van der Waals surface area contributed by atoms with Crippen LogP contribution in [0.5, 0.6) is 11.5 Å². The molecule has 1 aromatic carbocycles. The normalized spacial score (nSPS) is 10.0. The summed E-state index contributed by atoms with van der Waals surface area (Å²) in [5, 5.41) is 0. The van der Waals surface area contributed by atoms with Crippen LogP contribution in [0, 0.1) is 6.07 Å². The summed E-state index contributed by atoms with van der Waals surface area (Å²) in [4.78, 5) is 0. The highest BCUT2D eigenvalue weighted by molar-refractivity contribution is 5.31. The van der Waals surface area contributed by atoms with Crippen LogP contribution >= 0.6 is 0 Å². The van der Waals surface area contributed by atoms with Gasteiger partial charge in [0.25, 0.3) is 0 Å². The van der Waals surface area contributed by atoms with E-state index in [1.807, 2.05) is 26.0 Å². The molecule has 0 amide bonds. The maximum atomic E-state index is 5.46. The molecular formula is C10H13O2. The van der Waals surface area contributed by atoms with Crippen molar-refractivity contribution in [3.8, 4) is 11.5 Å². The lowest BCUT2D eigenvalue weighted by Gasteiger charge is -2.09. The van der Waals surface area contributed by atoms with Gasteiger partial charge >= 0.3 is 0 Å². The average molecular weight is 165 g/mol. The lowest BCUT2D eigenvalue weighted by atomic mass is 10.3. The Balaban J connectivity index is 2.72. The molecule has 2 heteroatoms. The summed E-state index contributed by atoms with van der Waals surface area (Å²) in [7, 11) is 1.62. The molecule has 1 rings (SSSR count). The first kappa shape index (κ1) is 8.91. The van der Waals surface area contributed by atoms with Gasteiger partial charge in [-0.05, 0) is 26.0 Å². The minimum atomic E-state index is 0.192. The molecule has 0 fully saturated rings. The highest BCUT2D eigenvalue weighted by Crippen LogP contribution is 2.18. The number of ether oxygens (including phenoxy) is 2. The van der Waals surface area contributed by atoms with E-state index in [4.69, 9.17) is 9.47 Å². The van der Waals surface area contributed by atoms with Gasteiger partial charge in [-0.25, -0.2) is 0 Å². The van der Waals surface area contributed by atoms with Crippen LogP contribution in [-0.2, 0) is 0 Å².